The smallest absolute Gasteiger partial charge is 0.324 e. The number of rotatable bonds is 6. The maximum absolute atomic E-state index is 11.5. The van der Waals surface area contributed by atoms with Crippen molar-refractivity contribution in [2.75, 3.05) is 26.2 Å². The van der Waals surface area contributed by atoms with Crippen LogP contribution in [-0.2, 0) is 11.2 Å². The first kappa shape index (κ1) is 11.6. The molecule has 1 atom stereocenters. The Kier molecular flexibility index (Phi) is 3.03. The molecular weight excluding hydrogens is 230 g/mol. The molecule has 18 heavy (non-hydrogen) atoms. The highest BCUT2D eigenvalue weighted by Crippen LogP contribution is 2.24. The molecule has 1 aromatic carbocycles. The summed E-state index contributed by atoms with van der Waals surface area (Å²) in [6, 6.07) is 9.33. The lowest BCUT2D eigenvalue weighted by Crippen LogP contribution is -2.49. The Morgan fingerprint density at radius 1 is 1.17 bits per heavy atom. The van der Waals surface area contributed by atoms with Crippen molar-refractivity contribution < 1.29 is 9.90 Å². The molecule has 2 fully saturated rings. The summed E-state index contributed by atoms with van der Waals surface area (Å²) >= 11 is 0. The van der Waals surface area contributed by atoms with E-state index in [4.69, 9.17) is 0 Å². The third-order valence-corrected chi connectivity index (χ3v) is 3.26. The molecule has 3 rings (SSSR count). The number of carbonyl (C=O) groups is 1. The summed E-state index contributed by atoms with van der Waals surface area (Å²) in [4.78, 5) is 11.5. The lowest BCUT2D eigenvalue weighted by atomic mass is 10.1. The molecular formula is C13H17N3O2. The first-order chi connectivity index (χ1) is 8.75. The molecule has 1 N–H and O–H groups in total. The Morgan fingerprint density at radius 3 is 2.17 bits per heavy atom. The Labute approximate surface area is 106 Å². The standard InChI is InChI=1S/C13H17N3O2/c17-13(18)12(10-11-4-2-1-3-5-11)16(14-6-7-14)15-8-9-15/h1-5,12H,6-10H2,(H,17,18)/t12-/m1/s1. The van der Waals surface area contributed by atoms with Gasteiger partial charge < -0.3 is 5.11 Å². The van der Waals surface area contributed by atoms with Gasteiger partial charge in [0.1, 0.15) is 6.04 Å². The zero-order valence-corrected chi connectivity index (χ0v) is 10.2. The van der Waals surface area contributed by atoms with Crippen molar-refractivity contribution in [1.82, 2.24) is 15.1 Å². The second-order valence-corrected chi connectivity index (χ2v) is 4.77. The summed E-state index contributed by atoms with van der Waals surface area (Å²) in [7, 11) is 0. The topological polar surface area (TPSA) is 46.6 Å². The molecule has 5 heteroatoms. The van der Waals surface area contributed by atoms with Crippen molar-refractivity contribution in [1.29, 1.82) is 0 Å². The van der Waals surface area contributed by atoms with Gasteiger partial charge in [0, 0.05) is 32.6 Å². The van der Waals surface area contributed by atoms with Crippen molar-refractivity contribution in [3.8, 4) is 0 Å². The van der Waals surface area contributed by atoms with E-state index in [0.717, 1.165) is 31.7 Å². The van der Waals surface area contributed by atoms with Crippen LogP contribution in [-0.4, -0.2) is 58.4 Å². The molecule has 0 unspecified atom stereocenters. The number of hydrogen-bond acceptors (Lipinski definition) is 4. The third-order valence-electron chi connectivity index (χ3n) is 3.26. The maximum atomic E-state index is 11.5. The highest BCUT2D eigenvalue weighted by molar-refractivity contribution is 5.73. The van der Waals surface area contributed by atoms with Crippen LogP contribution in [0.2, 0.25) is 0 Å². The number of carboxylic acids is 1. The quantitative estimate of drug-likeness (QED) is 0.739. The minimum atomic E-state index is -0.752. The van der Waals surface area contributed by atoms with Crippen LogP contribution < -0.4 is 0 Å². The highest BCUT2D eigenvalue weighted by atomic mass is 16.4. The lowest BCUT2D eigenvalue weighted by molar-refractivity contribution is -0.161. The fourth-order valence-corrected chi connectivity index (χ4v) is 2.18. The van der Waals surface area contributed by atoms with Gasteiger partial charge in [-0.05, 0) is 5.56 Å². The van der Waals surface area contributed by atoms with E-state index in [0.29, 0.717) is 6.42 Å². The zero-order valence-electron chi connectivity index (χ0n) is 10.2. The summed E-state index contributed by atoms with van der Waals surface area (Å²) in [5.74, 6) is -0.752. The molecule has 2 aliphatic heterocycles. The van der Waals surface area contributed by atoms with Gasteiger partial charge in [-0.3, -0.25) is 4.79 Å². The van der Waals surface area contributed by atoms with Gasteiger partial charge in [0.2, 0.25) is 0 Å². The Balaban J connectivity index is 1.76. The monoisotopic (exact) mass is 247 g/mol. The lowest BCUT2D eigenvalue weighted by Gasteiger charge is -2.30. The zero-order chi connectivity index (χ0) is 12.5. The van der Waals surface area contributed by atoms with E-state index in [9.17, 15) is 9.90 Å². The van der Waals surface area contributed by atoms with Crippen LogP contribution in [0.3, 0.4) is 0 Å². The van der Waals surface area contributed by atoms with Gasteiger partial charge in [0.25, 0.3) is 0 Å². The number of hydrazine groups is 2. The fraction of sp³-hybridized carbons (Fsp3) is 0.462. The van der Waals surface area contributed by atoms with Crippen LogP contribution in [0.25, 0.3) is 0 Å². The molecule has 5 nitrogen and oxygen atoms in total. The van der Waals surface area contributed by atoms with E-state index in [1.807, 2.05) is 35.4 Å². The van der Waals surface area contributed by atoms with Crippen molar-refractivity contribution in [2.45, 2.75) is 12.5 Å². The second-order valence-electron chi connectivity index (χ2n) is 4.77. The molecule has 96 valence electrons. The summed E-state index contributed by atoms with van der Waals surface area (Å²) in [6.07, 6.45) is 0.545. The number of nitrogens with zero attached hydrogens (tertiary/aromatic N) is 3. The highest BCUT2D eigenvalue weighted by Gasteiger charge is 2.42. The Hall–Kier alpha value is -1.43. The van der Waals surface area contributed by atoms with E-state index in [-0.39, 0.29) is 0 Å². The minimum Gasteiger partial charge on any atom is -0.480 e. The van der Waals surface area contributed by atoms with Crippen LogP contribution in [0.5, 0.6) is 0 Å². The van der Waals surface area contributed by atoms with E-state index in [1.54, 1.807) is 0 Å². The fourth-order valence-electron chi connectivity index (χ4n) is 2.18. The minimum absolute atomic E-state index is 0.489. The number of aliphatic carboxylic acids is 1. The van der Waals surface area contributed by atoms with Crippen molar-refractivity contribution >= 4 is 5.97 Å². The van der Waals surface area contributed by atoms with Gasteiger partial charge in [-0.15, -0.1) is 0 Å². The Bertz CT molecular complexity index is 417. The molecule has 2 saturated heterocycles. The van der Waals surface area contributed by atoms with Crippen LogP contribution in [0.1, 0.15) is 5.56 Å². The largest absolute Gasteiger partial charge is 0.480 e. The van der Waals surface area contributed by atoms with Crippen LogP contribution in [0.4, 0.5) is 0 Å². The molecule has 0 amide bonds. The predicted octanol–water partition coefficient (Wildman–Crippen LogP) is 0.446. The van der Waals surface area contributed by atoms with E-state index >= 15 is 0 Å². The molecule has 0 aliphatic carbocycles. The second kappa shape index (κ2) is 4.68. The van der Waals surface area contributed by atoms with E-state index in [1.165, 1.54) is 0 Å². The molecule has 2 heterocycles. The Morgan fingerprint density at radius 2 is 1.72 bits per heavy atom. The molecule has 0 radical (unpaired) electrons. The summed E-state index contributed by atoms with van der Waals surface area (Å²) in [6.45, 7) is 3.87. The third kappa shape index (κ3) is 2.53. The summed E-state index contributed by atoms with van der Waals surface area (Å²) in [5, 5.41) is 15.6. The molecule has 0 saturated carbocycles. The van der Waals surface area contributed by atoms with Gasteiger partial charge in [-0.1, -0.05) is 30.3 Å². The average Bonchev–Trinajstić information content (AvgIpc) is 3.24. The van der Waals surface area contributed by atoms with Crippen molar-refractivity contribution in [2.24, 2.45) is 0 Å². The predicted molar refractivity (Wildman–Crippen MR) is 66.6 cm³/mol. The van der Waals surface area contributed by atoms with Gasteiger partial charge in [0.05, 0.1) is 0 Å². The van der Waals surface area contributed by atoms with E-state index < -0.39 is 12.0 Å². The summed E-state index contributed by atoms with van der Waals surface area (Å²) < 4.78 is 0. The van der Waals surface area contributed by atoms with Crippen LogP contribution >= 0.6 is 0 Å². The number of hydrogen-bond donors (Lipinski definition) is 1. The van der Waals surface area contributed by atoms with Crippen LogP contribution in [0.15, 0.2) is 30.3 Å². The average molecular weight is 247 g/mol. The van der Waals surface area contributed by atoms with Gasteiger partial charge in [0.15, 0.2) is 0 Å². The van der Waals surface area contributed by atoms with Gasteiger partial charge in [-0.2, -0.15) is 5.12 Å². The maximum Gasteiger partial charge on any atom is 0.324 e. The molecule has 1 aromatic rings. The molecule has 0 bridgehead atoms. The van der Waals surface area contributed by atoms with E-state index in [2.05, 4.69) is 10.0 Å². The van der Waals surface area contributed by atoms with Gasteiger partial charge in [-0.25, -0.2) is 10.0 Å². The van der Waals surface area contributed by atoms with Gasteiger partial charge >= 0.3 is 5.97 Å². The first-order valence-corrected chi connectivity index (χ1v) is 6.31. The van der Waals surface area contributed by atoms with Crippen molar-refractivity contribution in [3.05, 3.63) is 35.9 Å². The molecule has 2 aliphatic rings. The van der Waals surface area contributed by atoms with Crippen LogP contribution in [0, 0.1) is 0 Å². The SMILES string of the molecule is O=C(O)[C@@H](Cc1ccccc1)N(N1CC1)N1CC1. The number of carboxylic acid groups (broad SMARTS) is 1. The normalized spacial score (nSPS) is 20.9. The first-order valence-electron chi connectivity index (χ1n) is 6.31. The molecule has 0 aromatic heterocycles. The molecule has 0 spiro atoms. The summed E-state index contributed by atoms with van der Waals surface area (Å²) in [5.41, 5.74) is 1.07. The number of benzene rings is 1. The van der Waals surface area contributed by atoms with Crippen molar-refractivity contribution in [3.63, 3.8) is 0 Å².